The standard InChI is InChI=1S/C25H28N4O2/c30-24(27-22-11-5-8-18-6-1-3-9-20(18)22)17-28-12-14-29(15-13-28)25(31)23-16-19-7-2-4-10-21(19)26-23/h1-4,6-7,9-10,16,22,26H,5,8,11-15,17H2,(H,27,30). The number of aryl methyl sites for hydroxylation is 1. The Morgan fingerprint density at radius 3 is 2.61 bits per heavy atom. The van der Waals surface area contributed by atoms with E-state index >= 15 is 0 Å². The van der Waals surface area contributed by atoms with E-state index in [1.54, 1.807) is 0 Å². The van der Waals surface area contributed by atoms with Gasteiger partial charge >= 0.3 is 0 Å². The summed E-state index contributed by atoms with van der Waals surface area (Å²) in [5.41, 5.74) is 4.22. The smallest absolute Gasteiger partial charge is 0.270 e. The van der Waals surface area contributed by atoms with E-state index in [9.17, 15) is 9.59 Å². The van der Waals surface area contributed by atoms with Gasteiger partial charge in [0.05, 0.1) is 12.6 Å². The van der Waals surface area contributed by atoms with Crippen molar-refractivity contribution in [1.29, 1.82) is 0 Å². The van der Waals surface area contributed by atoms with Gasteiger partial charge in [0, 0.05) is 37.1 Å². The minimum atomic E-state index is 0.0270. The third-order valence-corrected chi connectivity index (χ3v) is 6.49. The number of amides is 2. The Kier molecular flexibility index (Phi) is 5.47. The minimum absolute atomic E-state index is 0.0270. The zero-order valence-electron chi connectivity index (χ0n) is 17.6. The van der Waals surface area contributed by atoms with E-state index < -0.39 is 0 Å². The van der Waals surface area contributed by atoms with Crippen molar-refractivity contribution in [2.45, 2.75) is 25.3 Å². The summed E-state index contributed by atoms with van der Waals surface area (Å²) in [6, 6.07) is 18.4. The van der Waals surface area contributed by atoms with Crippen molar-refractivity contribution >= 4 is 22.7 Å². The molecule has 6 nitrogen and oxygen atoms in total. The van der Waals surface area contributed by atoms with Crippen LogP contribution in [0.15, 0.2) is 54.6 Å². The molecule has 1 saturated heterocycles. The van der Waals surface area contributed by atoms with Gasteiger partial charge in [0.2, 0.25) is 5.91 Å². The number of aromatic amines is 1. The van der Waals surface area contributed by atoms with Crippen LogP contribution in [0.3, 0.4) is 0 Å². The number of hydrogen-bond acceptors (Lipinski definition) is 3. The molecule has 0 saturated carbocycles. The summed E-state index contributed by atoms with van der Waals surface area (Å²) in [5.74, 6) is 0.0937. The molecule has 1 aromatic heterocycles. The zero-order valence-corrected chi connectivity index (χ0v) is 17.6. The van der Waals surface area contributed by atoms with E-state index in [4.69, 9.17) is 0 Å². The number of benzene rings is 2. The van der Waals surface area contributed by atoms with Gasteiger partial charge in [-0.05, 0) is 42.5 Å². The molecule has 31 heavy (non-hydrogen) atoms. The van der Waals surface area contributed by atoms with Gasteiger partial charge in [-0.2, -0.15) is 0 Å². The van der Waals surface area contributed by atoms with Crippen LogP contribution in [0.4, 0.5) is 0 Å². The van der Waals surface area contributed by atoms with Crippen LogP contribution in [0.1, 0.15) is 40.5 Å². The number of para-hydroxylation sites is 1. The van der Waals surface area contributed by atoms with Gasteiger partial charge in [-0.25, -0.2) is 0 Å². The first kappa shape index (κ1) is 19.8. The molecular formula is C25H28N4O2. The van der Waals surface area contributed by atoms with Crippen molar-refractivity contribution in [3.63, 3.8) is 0 Å². The number of H-pyrrole nitrogens is 1. The van der Waals surface area contributed by atoms with E-state index in [0.29, 0.717) is 38.4 Å². The Labute approximate surface area is 182 Å². The number of nitrogens with one attached hydrogen (secondary N) is 2. The van der Waals surface area contributed by atoms with Crippen molar-refractivity contribution in [3.05, 3.63) is 71.4 Å². The highest BCUT2D eigenvalue weighted by Crippen LogP contribution is 2.29. The number of piperazine rings is 1. The maximum absolute atomic E-state index is 12.9. The number of carbonyl (C=O) groups excluding carboxylic acids is 2. The van der Waals surface area contributed by atoms with Crippen LogP contribution in [0, 0.1) is 0 Å². The highest BCUT2D eigenvalue weighted by Gasteiger charge is 2.26. The van der Waals surface area contributed by atoms with Crippen molar-refractivity contribution in [2.24, 2.45) is 0 Å². The summed E-state index contributed by atoms with van der Waals surface area (Å²) in [6.07, 6.45) is 3.20. The van der Waals surface area contributed by atoms with Crippen molar-refractivity contribution in [2.75, 3.05) is 32.7 Å². The van der Waals surface area contributed by atoms with Gasteiger partial charge < -0.3 is 15.2 Å². The maximum atomic E-state index is 12.9. The first-order valence-corrected chi connectivity index (χ1v) is 11.1. The normalized spacial score (nSPS) is 19.2. The van der Waals surface area contributed by atoms with Crippen LogP contribution in [0.2, 0.25) is 0 Å². The summed E-state index contributed by atoms with van der Waals surface area (Å²) < 4.78 is 0. The van der Waals surface area contributed by atoms with Crippen LogP contribution >= 0.6 is 0 Å². The van der Waals surface area contributed by atoms with Crippen LogP contribution in [0.5, 0.6) is 0 Å². The lowest BCUT2D eigenvalue weighted by Gasteiger charge is -2.34. The first-order valence-electron chi connectivity index (χ1n) is 11.1. The van der Waals surface area contributed by atoms with E-state index in [0.717, 1.165) is 30.2 Å². The van der Waals surface area contributed by atoms with E-state index in [-0.39, 0.29) is 17.9 Å². The Balaban J connectivity index is 1.14. The fraction of sp³-hybridized carbons (Fsp3) is 0.360. The number of fused-ring (bicyclic) bond motifs is 2. The van der Waals surface area contributed by atoms with Crippen LogP contribution in [-0.4, -0.2) is 59.3 Å². The molecule has 0 spiro atoms. The van der Waals surface area contributed by atoms with Gasteiger partial charge in [-0.1, -0.05) is 42.5 Å². The highest BCUT2D eigenvalue weighted by molar-refractivity contribution is 5.98. The largest absolute Gasteiger partial charge is 0.351 e. The molecular weight excluding hydrogens is 388 g/mol. The summed E-state index contributed by atoms with van der Waals surface area (Å²) in [5, 5.41) is 4.28. The van der Waals surface area contributed by atoms with Crippen LogP contribution in [-0.2, 0) is 11.2 Å². The lowest BCUT2D eigenvalue weighted by molar-refractivity contribution is -0.123. The molecule has 160 valence electrons. The monoisotopic (exact) mass is 416 g/mol. The molecule has 2 N–H and O–H groups in total. The quantitative estimate of drug-likeness (QED) is 0.687. The topological polar surface area (TPSA) is 68.4 Å². The molecule has 2 amide bonds. The van der Waals surface area contributed by atoms with E-state index in [1.165, 1.54) is 11.1 Å². The summed E-state index contributed by atoms with van der Waals surface area (Å²) in [7, 11) is 0. The van der Waals surface area contributed by atoms with E-state index in [1.807, 2.05) is 41.3 Å². The lowest BCUT2D eigenvalue weighted by atomic mass is 9.88. The SMILES string of the molecule is O=C(CN1CCN(C(=O)c2cc3ccccc3[nH]2)CC1)NC1CCCc2ccccc21. The van der Waals surface area contributed by atoms with Crippen LogP contribution in [0.25, 0.3) is 10.9 Å². The molecule has 0 bridgehead atoms. The van der Waals surface area contributed by atoms with Crippen molar-refractivity contribution in [1.82, 2.24) is 20.1 Å². The molecule has 1 aliphatic heterocycles. The number of rotatable bonds is 4. The number of aromatic nitrogens is 1. The molecule has 2 heterocycles. The molecule has 6 heteroatoms. The van der Waals surface area contributed by atoms with Gasteiger partial charge in [-0.3, -0.25) is 14.5 Å². The second-order valence-electron chi connectivity index (χ2n) is 8.55. The van der Waals surface area contributed by atoms with Gasteiger partial charge in [0.15, 0.2) is 0 Å². The lowest BCUT2D eigenvalue weighted by Crippen LogP contribution is -2.51. The molecule has 1 fully saturated rings. The molecule has 2 aromatic carbocycles. The molecule has 3 aromatic rings. The molecule has 2 aliphatic rings. The Morgan fingerprint density at radius 1 is 1.00 bits per heavy atom. The zero-order chi connectivity index (χ0) is 21.2. The predicted molar refractivity (Wildman–Crippen MR) is 121 cm³/mol. The summed E-state index contributed by atoms with van der Waals surface area (Å²) in [4.78, 5) is 32.8. The second kappa shape index (κ2) is 8.55. The Morgan fingerprint density at radius 2 is 1.77 bits per heavy atom. The van der Waals surface area contributed by atoms with Gasteiger partial charge in [-0.15, -0.1) is 0 Å². The van der Waals surface area contributed by atoms with Crippen LogP contribution < -0.4 is 5.32 Å². The number of carbonyl (C=O) groups is 2. The minimum Gasteiger partial charge on any atom is -0.351 e. The average molecular weight is 417 g/mol. The molecule has 0 radical (unpaired) electrons. The van der Waals surface area contributed by atoms with Gasteiger partial charge in [0.1, 0.15) is 5.69 Å². The number of hydrogen-bond donors (Lipinski definition) is 2. The average Bonchev–Trinajstić information content (AvgIpc) is 3.24. The third-order valence-electron chi connectivity index (χ3n) is 6.49. The van der Waals surface area contributed by atoms with E-state index in [2.05, 4.69) is 33.4 Å². The van der Waals surface area contributed by atoms with Crippen molar-refractivity contribution in [3.8, 4) is 0 Å². The maximum Gasteiger partial charge on any atom is 0.270 e. The molecule has 5 rings (SSSR count). The fourth-order valence-corrected chi connectivity index (χ4v) is 4.81. The van der Waals surface area contributed by atoms with Crippen molar-refractivity contribution < 1.29 is 9.59 Å². The van der Waals surface area contributed by atoms with Gasteiger partial charge in [0.25, 0.3) is 5.91 Å². The number of nitrogens with zero attached hydrogens (tertiary/aromatic N) is 2. The predicted octanol–water partition coefficient (Wildman–Crippen LogP) is 3.12. The molecule has 1 unspecified atom stereocenters. The first-order chi connectivity index (χ1) is 15.2. The fourth-order valence-electron chi connectivity index (χ4n) is 4.81. The Bertz CT molecular complexity index is 1060. The molecule has 1 aliphatic carbocycles. The second-order valence-corrected chi connectivity index (χ2v) is 8.55. The summed E-state index contributed by atoms with van der Waals surface area (Å²) in [6.45, 7) is 3.07. The summed E-state index contributed by atoms with van der Waals surface area (Å²) >= 11 is 0. The third kappa shape index (κ3) is 4.21. The Hall–Kier alpha value is -3.12. The molecule has 1 atom stereocenters. The highest BCUT2D eigenvalue weighted by atomic mass is 16.2.